The normalized spacial score (nSPS) is 23.8. The standard InChI is InChI=1S/C29H32INO5/c1-21(32)31-29-26(30)28(35-19-24-15-9-4-10-16-24)27(34-18-23-13-7-3-8-14-23)25(36-29)20-33-17-22-11-5-2-6-12-22/h2-16,25-29H,17-20H2,1H3,(H,31,32)/t25-,26+,27-,28-,29+/m1/s1. The van der Waals surface area contributed by atoms with Crippen LogP contribution in [0.25, 0.3) is 0 Å². The average molecular weight is 601 g/mol. The summed E-state index contributed by atoms with van der Waals surface area (Å²) in [6.45, 7) is 3.11. The predicted molar refractivity (Wildman–Crippen MR) is 146 cm³/mol. The van der Waals surface area contributed by atoms with E-state index in [4.69, 9.17) is 18.9 Å². The SMILES string of the molecule is CC(=O)N[C@H]1O[C@H](COCc2ccccc2)[C@@H](OCc2ccccc2)[C@H](OCc2ccccc2)[C@@H]1I. The maximum absolute atomic E-state index is 11.9. The molecule has 1 N–H and O–H groups in total. The van der Waals surface area contributed by atoms with E-state index in [2.05, 4.69) is 27.9 Å². The third-order valence-electron chi connectivity index (χ3n) is 5.92. The van der Waals surface area contributed by atoms with E-state index in [1.165, 1.54) is 6.92 Å². The van der Waals surface area contributed by atoms with Crippen molar-refractivity contribution >= 4 is 28.5 Å². The molecule has 1 heterocycles. The van der Waals surface area contributed by atoms with E-state index in [0.717, 1.165) is 16.7 Å². The molecule has 1 amide bonds. The van der Waals surface area contributed by atoms with Gasteiger partial charge >= 0.3 is 0 Å². The molecule has 36 heavy (non-hydrogen) atoms. The summed E-state index contributed by atoms with van der Waals surface area (Å²) in [4.78, 5) is 11.9. The van der Waals surface area contributed by atoms with Crippen LogP contribution in [0.1, 0.15) is 23.6 Å². The highest BCUT2D eigenvalue weighted by Crippen LogP contribution is 2.32. The molecule has 190 valence electrons. The number of hydrogen-bond donors (Lipinski definition) is 1. The molecule has 1 aliphatic heterocycles. The number of carbonyl (C=O) groups is 1. The number of rotatable bonds is 11. The van der Waals surface area contributed by atoms with Gasteiger partial charge in [-0.05, 0) is 16.7 Å². The van der Waals surface area contributed by atoms with Crippen molar-refractivity contribution in [2.24, 2.45) is 0 Å². The lowest BCUT2D eigenvalue weighted by atomic mass is 9.99. The Morgan fingerprint density at radius 1 is 0.778 bits per heavy atom. The van der Waals surface area contributed by atoms with Crippen molar-refractivity contribution in [1.82, 2.24) is 5.32 Å². The Labute approximate surface area is 226 Å². The van der Waals surface area contributed by atoms with E-state index in [9.17, 15) is 4.79 Å². The van der Waals surface area contributed by atoms with Gasteiger partial charge in [0.1, 0.15) is 24.5 Å². The van der Waals surface area contributed by atoms with Crippen LogP contribution in [-0.2, 0) is 43.6 Å². The molecule has 0 saturated carbocycles. The van der Waals surface area contributed by atoms with E-state index in [-0.39, 0.29) is 15.9 Å². The van der Waals surface area contributed by atoms with Crippen LogP contribution in [0.5, 0.6) is 0 Å². The van der Waals surface area contributed by atoms with Gasteiger partial charge in [0, 0.05) is 6.92 Å². The summed E-state index contributed by atoms with van der Waals surface area (Å²) in [5.41, 5.74) is 3.22. The largest absolute Gasteiger partial charge is 0.374 e. The second-order valence-corrected chi connectivity index (χ2v) is 10.2. The summed E-state index contributed by atoms with van der Waals surface area (Å²) in [5, 5.41) is 2.93. The quantitative estimate of drug-likeness (QED) is 0.247. The maximum Gasteiger partial charge on any atom is 0.218 e. The first-order valence-corrected chi connectivity index (χ1v) is 13.3. The Balaban J connectivity index is 1.52. The summed E-state index contributed by atoms with van der Waals surface area (Å²) in [6, 6.07) is 30.1. The first-order valence-electron chi connectivity index (χ1n) is 12.1. The van der Waals surface area contributed by atoms with Crippen molar-refractivity contribution in [2.75, 3.05) is 6.61 Å². The lowest BCUT2D eigenvalue weighted by Gasteiger charge is -2.44. The molecule has 0 aliphatic carbocycles. The second kappa shape index (κ2) is 13.9. The third-order valence-corrected chi connectivity index (χ3v) is 7.29. The Morgan fingerprint density at radius 2 is 1.25 bits per heavy atom. The van der Waals surface area contributed by atoms with Crippen molar-refractivity contribution in [3.63, 3.8) is 0 Å². The zero-order chi connectivity index (χ0) is 25.2. The molecule has 0 radical (unpaired) electrons. The fraction of sp³-hybridized carbons (Fsp3) is 0.345. The minimum atomic E-state index is -0.522. The van der Waals surface area contributed by atoms with E-state index in [1.807, 2.05) is 91.0 Å². The van der Waals surface area contributed by atoms with Crippen molar-refractivity contribution in [1.29, 1.82) is 0 Å². The molecule has 5 atom stereocenters. The Kier molecular flexibility index (Phi) is 10.3. The van der Waals surface area contributed by atoms with Crippen LogP contribution >= 0.6 is 22.6 Å². The monoisotopic (exact) mass is 601 g/mol. The summed E-state index contributed by atoms with van der Waals surface area (Å²) in [7, 11) is 0. The molecule has 0 bridgehead atoms. The van der Waals surface area contributed by atoms with Crippen LogP contribution in [0.15, 0.2) is 91.0 Å². The summed E-state index contributed by atoms with van der Waals surface area (Å²) in [6.07, 6.45) is -1.67. The molecule has 0 unspecified atom stereocenters. The average Bonchev–Trinajstić information content (AvgIpc) is 2.90. The van der Waals surface area contributed by atoms with Crippen LogP contribution < -0.4 is 5.32 Å². The number of hydrogen-bond acceptors (Lipinski definition) is 5. The van der Waals surface area contributed by atoms with Crippen LogP contribution in [0.2, 0.25) is 0 Å². The number of halogens is 1. The maximum atomic E-state index is 11.9. The smallest absolute Gasteiger partial charge is 0.218 e. The Morgan fingerprint density at radius 3 is 1.75 bits per heavy atom. The third kappa shape index (κ3) is 7.85. The molecule has 3 aromatic carbocycles. The molecular formula is C29H32INO5. The number of carbonyl (C=O) groups excluding carboxylic acids is 1. The van der Waals surface area contributed by atoms with Crippen LogP contribution in [0, 0.1) is 0 Å². The summed E-state index contributed by atoms with van der Waals surface area (Å²) in [5.74, 6) is -0.156. The highest BCUT2D eigenvalue weighted by molar-refractivity contribution is 14.1. The number of amides is 1. The highest BCUT2D eigenvalue weighted by Gasteiger charge is 2.46. The summed E-state index contributed by atoms with van der Waals surface area (Å²) < 4.78 is 25.2. The first kappa shape index (κ1) is 26.8. The van der Waals surface area contributed by atoms with Gasteiger partial charge in [0.2, 0.25) is 5.91 Å². The van der Waals surface area contributed by atoms with Crippen molar-refractivity contribution in [2.45, 2.75) is 55.2 Å². The van der Waals surface area contributed by atoms with Gasteiger partial charge in [0.05, 0.1) is 30.4 Å². The Bertz CT molecular complexity index is 1050. The molecule has 3 aromatic rings. The fourth-order valence-electron chi connectivity index (χ4n) is 4.14. The molecule has 1 saturated heterocycles. The minimum Gasteiger partial charge on any atom is -0.374 e. The number of nitrogens with one attached hydrogen (secondary N) is 1. The number of benzene rings is 3. The molecule has 1 aliphatic rings. The number of alkyl halides is 1. The summed E-state index contributed by atoms with van der Waals surface area (Å²) >= 11 is 2.30. The van der Waals surface area contributed by atoms with Gasteiger partial charge in [-0.1, -0.05) is 114 Å². The number of ether oxygens (including phenoxy) is 4. The van der Waals surface area contributed by atoms with Gasteiger partial charge < -0.3 is 24.3 Å². The van der Waals surface area contributed by atoms with Gasteiger partial charge in [-0.15, -0.1) is 0 Å². The van der Waals surface area contributed by atoms with Crippen LogP contribution in [0.3, 0.4) is 0 Å². The van der Waals surface area contributed by atoms with E-state index in [0.29, 0.717) is 26.4 Å². The molecule has 0 spiro atoms. The van der Waals surface area contributed by atoms with E-state index >= 15 is 0 Å². The lowest BCUT2D eigenvalue weighted by molar-refractivity contribution is -0.219. The van der Waals surface area contributed by atoms with Gasteiger partial charge in [-0.25, -0.2) is 0 Å². The molecule has 0 aromatic heterocycles. The van der Waals surface area contributed by atoms with Gasteiger partial charge in [-0.3, -0.25) is 4.79 Å². The van der Waals surface area contributed by atoms with Crippen molar-refractivity contribution in [3.05, 3.63) is 108 Å². The van der Waals surface area contributed by atoms with E-state index < -0.39 is 18.4 Å². The zero-order valence-corrected chi connectivity index (χ0v) is 22.5. The molecule has 7 heteroatoms. The Hall–Kier alpha value is -2.30. The van der Waals surface area contributed by atoms with Crippen LogP contribution in [-0.4, -0.2) is 41.0 Å². The topological polar surface area (TPSA) is 66.0 Å². The fourth-order valence-corrected chi connectivity index (χ4v) is 5.11. The lowest BCUT2D eigenvalue weighted by Crippen LogP contribution is -2.62. The van der Waals surface area contributed by atoms with Crippen LogP contribution in [0.4, 0.5) is 0 Å². The van der Waals surface area contributed by atoms with Crippen molar-refractivity contribution in [3.8, 4) is 0 Å². The minimum absolute atomic E-state index is 0.156. The molecule has 1 fully saturated rings. The molecule has 4 rings (SSSR count). The van der Waals surface area contributed by atoms with Crippen molar-refractivity contribution < 1.29 is 23.7 Å². The molecular weight excluding hydrogens is 569 g/mol. The second-order valence-electron chi connectivity index (χ2n) is 8.76. The highest BCUT2D eigenvalue weighted by atomic mass is 127. The molecule has 6 nitrogen and oxygen atoms in total. The predicted octanol–water partition coefficient (Wildman–Crippen LogP) is 5.04. The first-order chi connectivity index (χ1) is 17.6. The van der Waals surface area contributed by atoms with E-state index in [1.54, 1.807) is 0 Å². The zero-order valence-electron chi connectivity index (χ0n) is 20.3. The van der Waals surface area contributed by atoms with Gasteiger partial charge in [-0.2, -0.15) is 0 Å². The van der Waals surface area contributed by atoms with Gasteiger partial charge in [0.15, 0.2) is 0 Å². The van der Waals surface area contributed by atoms with Gasteiger partial charge in [0.25, 0.3) is 0 Å².